The lowest BCUT2D eigenvalue weighted by Crippen LogP contribution is -2.58. The zero-order valence-electron chi connectivity index (χ0n) is 14.2. The SMILES string of the molecule is CCCCOC(=O)C[C@H]1C(=O)NCCN1C(=O)c1ccccc1C. The molecule has 0 bridgehead atoms. The first-order chi connectivity index (χ1) is 11.5. The molecule has 130 valence electrons. The zero-order valence-corrected chi connectivity index (χ0v) is 14.2. The molecular weight excluding hydrogens is 308 g/mol. The first-order valence-corrected chi connectivity index (χ1v) is 8.34. The van der Waals surface area contributed by atoms with Gasteiger partial charge in [0.15, 0.2) is 0 Å². The quantitative estimate of drug-likeness (QED) is 0.635. The van der Waals surface area contributed by atoms with E-state index in [-0.39, 0.29) is 18.2 Å². The number of ether oxygens (including phenoxy) is 1. The molecule has 0 unspecified atom stereocenters. The number of amides is 2. The molecule has 1 aliphatic heterocycles. The second kappa shape index (κ2) is 8.47. The summed E-state index contributed by atoms with van der Waals surface area (Å²) >= 11 is 0. The number of nitrogens with one attached hydrogen (secondary N) is 1. The average Bonchev–Trinajstić information content (AvgIpc) is 2.57. The lowest BCUT2D eigenvalue weighted by atomic mass is 10.0. The van der Waals surface area contributed by atoms with Gasteiger partial charge >= 0.3 is 5.97 Å². The van der Waals surface area contributed by atoms with Crippen molar-refractivity contribution in [1.29, 1.82) is 0 Å². The molecule has 2 rings (SSSR count). The fraction of sp³-hybridized carbons (Fsp3) is 0.500. The molecule has 6 heteroatoms. The molecule has 1 fully saturated rings. The first kappa shape index (κ1) is 18.0. The maximum absolute atomic E-state index is 12.8. The molecule has 2 amide bonds. The van der Waals surface area contributed by atoms with E-state index in [0.717, 1.165) is 18.4 Å². The van der Waals surface area contributed by atoms with Crippen molar-refractivity contribution in [3.05, 3.63) is 35.4 Å². The van der Waals surface area contributed by atoms with E-state index < -0.39 is 12.0 Å². The Balaban J connectivity index is 2.11. The Bertz CT molecular complexity index is 615. The van der Waals surface area contributed by atoms with Gasteiger partial charge in [0.25, 0.3) is 5.91 Å². The number of rotatable bonds is 6. The normalized spacial score (nSPS) is 17.3. The number of nitrogens with zero attached hydrogens (tertiary/aromatic N) is 1. The molecule has 1 N–H and O–H groups in total. The summed E-state index contributed by atoms with van der Waals surface area (Å²) in [5, 5.41) is 2.72. The fourth-order valence-electron chi connectivity index (χ4n) is 2.68. The molecule has 6 nitrogen and oxygen atoms in total. The molecule has 0 aliphatic carbocycles. The molecule has 1 atom stereocenters. The third kappa shape index (κ3) is 4.34. The van der Waals surface area contributed by atoms with Crippen LogP contribution < -0.4 is 5.32 Å². The number of aryl methyl sites for hydroxylation is 1. The molecule has 24 heavy (non-hydrogen) atoms. The monoisotopic (exact) mass is 332 g/mol. The predicted molar refractivity (Wildman–Crippen MR) is 89.5 cm³/mol. The van der Waals surface area contributed by atoms with Crippen LogP contribution in [0.3, 0.4) is 0 Å². The van der Waals surface area contributed by atoms with E-state index >= 15 is 0 Å². The van der Waals surface area contributed by atoms with Crippen LogP contribution >= 0.6 is 0 Å². The van der Waals surface area contributed by atoms with E-state index in [0.29, 0.717) is 25.3 Å². The molecule has 1 aromatic rings. The molecule has 0 radical (unpaired) electrons. The number of carbonyl (C=O) groups is 3. The van der Waals surface area contributed by atoms with Gasteiger partial charge < -0.3 is 15.0 Å². The Morgan fingerprint density at radius 1 is 1.33 bits per heavy atom. The molecular formula is C18H24N2O4. The van der Waals surface area contributed by atoms with Gasteiger partial charge in [-0.1, -0.05) is 31.5 Å². The van der Waals surface area contributed by atoms with Gasteiger partial charge in [-0.05, 0) is 25.0 Å². The van der Waals surface area contributed by atoms with Crippen molar-refractivity contribution in [3.8, 4) is 0 Å². The van der Waals surface area contributed by atoms with Gasteiger partial charge in [0.1, 0.15) is 6.04 Å². The van der Waals surface area contributed by atoms with Crippen LogP contribution in [0.1, 0.15) is 42.1 Å². The van der Waals surface area contributed by atoms with E-state index in [1.165, 1.54) is 4.90 Å². The second-order valence-electron chi connectivity index (χ2n) is 5.90. The van der Waals surface area contributed by atoms with Gasteiger partial charge in [0, 0.05) is 18.7 Å². The van der Waals surface area contributed by atoms with Crippen LogP contribution in [0.15, 0.2) is 24.3 Å². The Labute approximate surface area is 142 Å². The molecule has 0 spiro atoms. The lowest BCUT2D eigenvalue weighted by molar-refractivity contribution is -0.147. The third-order valence-corrected chi connectivity index (χ3v) is 4.09. The molecule has 1 saturated heterocycles. The summed E-state index contributed by atoms with van der Waals surface area (Å²) in [5.74, 6) is -0.988. The van der Waals surface area contributed by atoms with Crippen molar-refractivity contribution < 1.29 is 19.1 Å². The topological polar surface area (TPSA) is 75.7 Å². The van der Waals surface area contributed by atoms with Crippen molar-refractivity contribution in [2.24, 2.45) is 0 Å². The second-order valence-corrected chi connectivity index (χ2v) is 5.90. The van der Waals surface area contributed by atoms with Gasteiger partial charge in [-0.3, -0.25) is 14.4 Å². The molecule has 1 aromatic carbocycles. The minimum Gasteiger partial charge on any atom is -0.466 e. The minimum atomic E-state index is -0.819. The van der Waals surface area contributed by atoms with Gasteiger partial charge in [-0.15, -0.1) is 0 Å². The van der Waals surface area contributed by atoms with Crippen molar-refractivity contribution >= 4 is 17.8 Å². The highest BCUT2D eigenvalue weighted by Gasteiger charge is 2.35. The highest BCUT2D eigenvalue weighted by atomic mass is 16.5. The summed E-state index contributed by atoms with van der Waals surface area (Å²) in [4.78, 5) is 38.4. The van der Waals surface area contributed by atoms with Crippen LogP contribution in [0.25, 0.3) is 0 Å². The number of carbonyl (C=O) groups excluding carboxylic acids is 3. The summed E-state index contributed by atoms with van der Waals surface area (Å²) in [5.41, 5.74) is 1.40. The van der Waals surface area contributed by atoms with Gasteiger partial charge in [-0.25, -0.2) is 0 Å². The lowest BCUT2D eigenvalue weighted by Gasteiger charge is -2.34. The number of esters is 1. The van der Waals surface area contributed by atoms with E-state index in [1.807, 2.05) is 26.0 Å². The maximum Gasteiger partial charge on any atom is 0.308 e. The van der Waals surface area contributed by atoms with Crippen LogP contribution in [0.4, 0.5) is 0 Å². The first-order valence-electron chi connectivity index (χ1n) is 8.34. The van der Waals surface area contributed by atoms with Crippen LogP contribution in [0.5, 0.6) is 0 Å². The van der Waals surface area contributed by atoms with E-state index in [9.17, 15) is 14.4 Å². The Kier molecular flexibility index (Phi) is 6.35. The summed E-state index contributed by atoms with van der Waals surface area (Å²) in [7, 11) is 0. The fourth-order valence-corrected chi connectivity index (χ4v) is 2.68. The van der Waals surface area contributed by atoms with Crippen LogP contribution in [-0.2, 0) is 14.3 Å². The maximum atomic E-state index is 12.8. The zero-order chi connectivity index (χ0) is 17.5. The number of benzene rings is 1. The van der Waals surface area contributed by atoms with Crippen molar-refractivity contribution in [3.63, 3.8) is 0 Å². The Hall–Kier alpha value is -2.37. The summed E-state index contributed by atoms with van der Waals surface area (Å²) in [6, 6.07) is 6.42. The number of unbranched alkanes of at least 4 members (excludes halogenated alkanes) is 1. The average molecular weight is 332 g/mol. The highest BCUT2D eigenvalue weighted by molar-refractivity contribution is 6.00. The van der Waals surface area contributed by atoms with E-state index in [2.05, 4.69) is 5.32 Å². The van der Waals surface area contributed by atoms with E-state index in [4.69, 9.17) is 4.74 Å². The number of piperazine rings is 1. The van der Waals surface area contributed by atoms with Crippen molar-refractivity contribution in [1.82, 2.24) is 10.2 Å². The van der Waals surface area contributed by atoms with Crippen LogP contribution in [0.2, 0.25) is 0 Å². The number of hydrogen-bond acceptors (Lipinski definition) is 4. The third-order valence-electron chi connectivity index (χ3n) is 4.09. The highest BCUT2D eigenvalue weighted by Crippen LogP contribution is 2.17. The summed E-state index contributed by atoms with van der Waals surface area (Å²) in [6.07, 6.45) is 1.59. The van der Waals surface area contributed by atoms with Crippen LogP contribution in [-0.4, -0.2) is 48.4 Å². The summed E-state index contributed by atoms with van der Waals surface area (Å²) in [6.45, 7) is 4.97. The van der Waals surface area contributed by atoms with Crippen molar-refractivity contribution in [2.75, 3.05) is 19.7 Å². The molecule has 1 heterocycles. The molecule has 0 saturated carbocycles. The standard InChI is InChI=1S/C18H24N2O4/c1-3-4-11-24-16(21)12-15-17(22)19-9-10-20(15)18(23)14-8-6-5-7-13(14)2/h5-8,15H,3-4,9-12H2,1-2H3,(H,19,22)/t15-/m0/s1. The van der Waals surface area contributed by atoms with Gasteiger partial charge in [0.05, 0.1) is 13.0 Å². The van der Waals surface area contributed by atoms with E-state index in [1.54, 1.807) is 12.1 Å². The van der Waals surface area contributed by atoms with Gasteiger partial charge in [-0.2, -0.15) is 0 Å². The molecule has 0 aromatic heterocycles. The van der Waals surface area contributed by atoms with Crippen molar-refractivity contribution in [2.45, 2.75) is 39.2 Å². The van der Waals surface area contributed by atoms with Gasteiger partial charge in [0.2, 0.25) is 5.91 Å². The molecule has 1 aliphatic rings. The minimum absolute atomic E-state index is 0.118. The summed E-state index contributed by atoms with van der Waals surface area (Å²) < 4.78 is 5.13. The predicted octanol–water partition coefficient (Wildman–Crippen LogP) is 1.67. The smallest absolute Gasteiger partial charge is 0.308 e. The largest absolute Gasteiger partial charge is 0.466 e. The number of hydrogen-bond donors (Lipinski definition) is 1. The Morgan fingerprint density at radius 2 is 2.08 bits per heavy atom. The van der Waals surface area contributed by atoms with Crippen LogP contribution in [0, 0.1) is 6.92 Å². The Morgan fingerprint density at radius 3 is 2.79 bits per heavy atom.